The molecule has 1 aromatic rings. The molecule has 1 aliphatic rings. The average molecular weight is 173 g/mol. The van der Waals surface area contributed by atoms with Crippen molar-refractivity contribution in [3.05, 3.63) is 30.1 Å². The minimum Gasteiger partial charge on any atom is -0.347 e. The number of fused-ring (bicyclic) bond motifs is 1. The zero-order valence-electron chi connectivity index (χ0n) is 7.25. The van der Waals surface area contributed by atoms with E-state index in [2.05, 4.69) is 4.57 Å². The highest BCUT2D eigenvalue weighted by molar-refractivity contribution is 6.24. The van der Waals surface area contributed by atoms with E-state index in [1.54, 1.807) is 6.08 Å². The Morgan fingerprint density at radius 1 is 1.46 bits per heavy atom. The normalized spacial score (nSPS) is 18.8. The minimum atomic E-state index is 0.634. The summed E-state index contributed by atoms with van der Waals surface area (Å²) in [6.07, 6.45) is 5.71. The van der Waals surface area contributed by atoms with Gasteiger partial charge in [0, 0.05) is 42.4 Å². The summed E-state index contributed by atoms with van der Waals surface area (Å²) in [5.74, 6) is 0. The maximum atomic E-state index is 7.73. The van der Waals surface area contributed by atoms with Crippen LogP contribution in [0, 0.1) is 10.8 Å². The molecular weight excluding hydrogens is 162 g/mol. The van der Waals surface area contributed by atoms with Crippen LogP contribution in [0.4, 0.5) is 0 Å². The van der Waals surface area contributed by atoms with Gasteiger partial charge in [0.1, 0.15) is 0 Å². The minimum absolute atomic E-state index is 0.634. The topological polar surface area (TPSA) is 52.6 Å². The van der Waals surface area contributed by atoms with Gasteiger partial charge < -0.3 is 15.4 Å². The van der Waals surface area contributed by atoms with Crippen LogP contribution >= 0.6 is 0 Å². The standard InChI is InChI=1S/C10H11N3/c11-5-3-8-9(12)4-7-13-6-1-2-10(8)13/h1-3,5-6,11-12H,4,7H2/b8-3+,11-5?,12-9?. The number of hydrogen-bond acceptors (Lipinski definition) is 2. The van der Waals surface area contributed by atoms with Crippen molar-refractivity contribution in [1.29, 1.82) is 10.8 Å². The van der Waals surface area contributed by atoms with Crippen LogP contribution in [-0.2, 0) is 6.54 Å². The molecule has 66 valence electrons. The molecule has 0 aliphatic carbocycles. The van der Waals surface area contributed by atoms with Gasteiger partial charge in [-0.15, -0.1) is 0 Å². The van der Waals surface area contributed by atoms with Crippen LogP contribution in [0.5, 0.6) is 0 Å². The first kappa shape index (κ1) is 7.98. The number of rotatable bonds is 1. The summed E-state index contributed by atoms with van der Waals surface area (Å²) in [5.41, 5.74) is 2.57. The highest BCUT2D eigenvalue weighted by Gasteiger charge is 2.16. The van der Waals surface area contributed by atoms with Crippen molar-refractivity contribution in [2.24, 2.45) is 0 Å². The summed E-state index contributed by atoms with van der Waals surface area (Å²) >= 11 is 0. The molecule has 0 bridgehead atoms. The van der Waals surface area contributed by atoms with Gasteiger partial charge in [0.15, 0.2) is 0 Å². The van der Waals surface area contributed by atoms with E-state index in [0.717, 1.165) is 24.2 Å². The number of aromatic nitrogens is 1. The van der Waals surface area contributed by atoms with Gasteiger partial charge in [0.25, 0.3) is 0 Å². The SMILES string of the molecule is N=C/C=C1\C(=N)CCn2cccc21. The average Bonchev–Trinajstić information content (AvgIpc) is 2.58. The molecule has 0 spiro atoms. The summed E-state index contributed by atoms with van der Waals surface area (Å²) in [5, 5.41) is 14.7. The molecule has 0 aromatic carbocycles. The smallest absolute Gasteiger partial charge is 0.0499 e. The van der Waals surface area contributed by atoms with E-state index in [-0.39, 0.29) is 0 Å². The van der Waals surface area contributed by atoms with Gasteiger partial charge in [-0.3, -0.25) is 0 Å². The molecule has 0 unspecified atom stereocenters. The van der Waals surface area contributed by atoms with Gasteiger partial charge in [-0.1, -0.05) is 0 Å². The van der Waals surface area contributed by atoms with Gasteiger partial charge in [-0.2, -0.15) is 0 Å². The van der Waals surface area contributed by atoms with Gasteiger partial charge in [0.2, 0.25) is 0 Å². The highest BCUT2D eigenvalue weighted by Crippen LogP contribution is 2.23. The molecule has 3 nitrogen and oxygen atoms in total. The first-order valence-corrected chi connectivity index (χ1v) is 4.27. The maximum absolute atomic E-state index is 7.73. The van der Waals surface area contributed by atoms with E-state index in [4.69, 9.17) is 10.8 Å². The lowest BCUT2D eigenvalue weighted by atomic mass is 10.0. The van der Waals surface area contributed by atoms with Crippen LogP contribution in [0.2, 0.25) is 0 Å². The summed E-state index contributed by atoms with van der Waals surface area (Å²) < 4.78 is 2.12. The first-order chi connectivity index (χ1) is 6.33. The van der Waals surface area contributed by atoms with Crippen LogP contribution < -0.4 is 0 Å². The third-order valence-electron chi connectivity index (χ3n) is 2.28. The Bertz CT molecular complexity index is 385. The van der Waals surface area contributed by atoms with E-state index < -0.39 is 0 Å². The molecule has 0 amide bonds. The highest BCUT2D eigenvalue weighted by atomic mass is 15.0. The molecule has 2 N–H and O–H groups in total. The van der Waals surface area contributed by atoms with Crippen LogP contribution in [0.3, 0.4) is 0 Å². The molecule has 0 saturated heterocycles. The summed E-state index contributed by atoms with van der Waals surface area (Å²) in [4.78, 5) is 0. The van der Waals surface area contributed by atoms with Crippen molar-refractivity contribution in [2.45, 2.75) is 13.0 Å². The largest absolute Gasteiger partial charge is 0.347 e. The van der Waals surface area contributed by atoms with Gasteiger partial charge in [0.05, 0.1) is 0 Å². The monoisotopic (exact) mass is 173 g/mol. The summed E-state index contributed by atoms with van der Waals surface area (Å²) in [6, 6.07) is 3.97. The van der Waals surface area contributed by atoms with Crippen molar-refractivity contribution in [2.75, 3.05) is 0 Å². The second kappa shape index (κ2) is 3.01. The molecule has 0 atom stereocenters. The van der Waals surface area contributed by atoms with Gasteiger partial charge in [-0.25, -0.2) is 0 Å². The molecule has 3 heteroatoms. The van der Waals surface area contributed by atoms with Crippen LogP contribution in [0.25, 0.3) is 5.57 Å². The summed E-state index contributed by atoms with van der Waals surface area (Å²) in [7, 11) is 0. The number of allylic oxidation sites excluding steroid dienone is 2. The molecule has 2 heterocycles. The fourth-order valence-electron chi connectivity index (χ4n) is 1.64. The van der Waals surface area contributed by atoms with Crippen LogP contribution in [-0.4, -0.2) is 16.5 Å². The lowest BCUT2D eigenvalue weighted by Crippen LogP contribution is -2.16. The van der Waals surface area contributed by atoms with E-state index in [1.807, 2.05) is 18.3 Å². The lowest BCUT2D eigenvalue weighted by molar-refractivity contribution is 0.709. The molecular formula is C10H11N3. The Labute approximate surface area is 76.7 Å². The molecule has 0 fully saturated rings. The molecule has 13 heavy (non-hydrogen) atoms. The third-order valence-corrected chi connectivity index (χ3v) is 2.28. The third kappa shape index (κ3) is 1.22. The van der Waals surface area contributed by atoms with E-state index in [9.17, 15) is 0 Å². The van der Waals surface area contributed by atoms with E-state index >= 15 is 0 Å². The number of hydrogen-bond donors (Lipinski definition) is 2. The van der Waals surface area contributed by atoms with Gasteiger partial charge >= 0.3 is 0 Å². The Morgan fingerprint density at radius 2 is 2.31 bits per heavy atom. The van der Waals surface area contributed by atoms with Crippen LogP contribution in [0.15, 0.2) is 24.4 Å². The van der Waals surface area contributed by atoms with Gasteiger partial charge in [-0.05, 0) is 18.2 Å². The molecule has 0 saturated carbocycles. The lowest BCUT2D eigenvalue weighted by Gasteiger charge is -2.18. The Kier molecular flexibility index (Phi) is 1.85. The molecule has 1 aliphatic heterocycles. The Morgan fingerprint density at radius 3 is 3.08 bits per heavy atom. The number of nitrogens with one attached hydrogen (secondary N) is 2. The predicted molar refractivity (Wildman–Crippen MR) is 53.5 cm³/mol. The van der Waals surface area contributed by atoms with Crippen molar-refractivity contribution in [3.63, 3.8) is 0 Å². The van der Waals surface area contributed by atoms with Crippen LogP contribution in [0.1, 0.15) is 12.1 Å². The van der Waals surface area contributed by atoms with Crippen molar-refractivity contribution < 1.29 is 0 Å². The van der Waals surface area contributed by atoms with E-state index in [0.29, 0.717) is 5.71 Å². The van der Waals surface area contributed by atoms with Crippen molar-refractivity contribution in [1.82, 2.24) is 4.57 Å². The molecule has 0 radical (unpaired) electrons. The predicted octanol–water partition coefficient (Wildman–Crippen LogP) is 1.94. The number of nitrogens with zero attached hydrogens (tertiary/aromatic N) is 1. The first-order valence-electron chi connectivity index (χ1n) is 4.27. The summed E-state index contributed by atoms with van der Waals surface area (Å²) in [6.45, 7) is 0.885. The fraction of sp³-hybridized carbons (Fsp3) is 0.200. The zero-order valence-corrected chi connectivity index (χ0v) is 7.25. The molecule has 2 rings (SSSR count). The quantitative estimate of drug-likeness (QED) is 0.610. The second-order valence-corrected chi connectivity index (χ2v) is 3.06. The number of aryl methyl sites for hydroxylation is 1. The van der Waals surface area contributed by atoms with E-state index in [1.165, 1.54) is 6.21 Å². The Balaban J connectivity index is 2.53. The zero-order chi connectivity index (χ0) is 9.26. The Hall–Kier alpha value is -1.64. The fourth-order valence-corrected chi connectivity index (χ4v) is 1.64. The second-order valence-electron chi connectivity index (χ2n) is 3.06. The maximum Gasteiger partial charge on any atom is 0.0499 e. The molecule has 1 aromatic heterocycles. The van der Waals surface area contributed by atoms with Crippen molar-refractivity contribution in [3.8, 4) is 0 Å². The van der Waals surface area contributed by atoms with Crippen molar-refractivity contribution >= 4 is 17.5 Å².